The molecule has 0 heterocycles. The Labute approximate surface area is 141 Å². The van der Waals surface area contributed by atoms with Crippen LogP contribution in [0.4, 0.5) is 0 Å². The van der Waals surface area contributed by atoms with Crippen molar-refractivity contribution in [3.05, 3.63) is 41.5 Å². The molecule has 0 radical (unpaired) electrons. The van der Waals surface area contributed by atoms with Crippen molar-refractivity contribution in [2.75, 3.05) is 7.11 Å². The van der Waals surface area contributed by atoms with E-state index >= 15 is 0 Å². The van der Waals surface area contributed by atoms with Crippen molar-refractivity contribution in [3.63, 3.8) is 0 Å². The van der Waals surface area contributed by atoms with E-state index in [4.69, 9.17) is 4.74 Å². The fourth-order valence-corrected chi connectivity index (χ4v) is 6.33. The molecule has 1 heteroatoms. The van der Waals surface area contributed by atoms with Crippen molar-refractivity contribution in [1.29, 1.82) is 0 Å². The van der Waals surface area contributed by atoms with Crippen molar-refractivity contribution in [1.82, 2.24) is 0 Å². The molecule has 6 atom stereocenters. The molecule has 0 saturated heterocycles. The highest BCUT2D eigenvalue weighted by molar-refractivity contribution is 5.42. The summed E-state index contributed by atoms with van der Waals surface area (Å²) in [7, 11) is 1.77. The minimum atomic E-state index is 0.388. The summed E-state index contributed by atoms with van der Waals surface area (Å²) in [5, 5.41) is 0. The van der Waals surface area contributed by atoms with E-state index in [0.29, 0.717) is 11.3 Å². The second-order valence-corrected chi connectivity index (χ2v) is 8.65. The molecule has 0 aromatic heterocycles. The van der Waals surface area contributed by atoms with Gasteiger partial charge in [0.2, 0.25) is 0 Å². The lowest BCUT2D eigenvalue weighted by atomic mass is 9.52. The molecular formula is C22H30O. The van der Waals surface area contributed by atoms with E-state index in [-0.39, 0.29) is 0 Å². The topological polar surface area (TPSA) is 9.23 Å². The summed E-state index contributed by atoms with van der Waals surface area (Å²) < 4.78 is 5.45. The van der Waals surface area contributed by atoms with Crippen molar-refractivity contribution in [3.8, 4) is 5.75 Å². The molecule has 2 saturated carbocycles. The van der Waals surface area contributed by atoms with Crippen molar-refractivity contribution in [2.24, 2.45) is 29.1 Å². The Kier molecular flexibility index (Phi) is 3.41. The van der Waals surface area contributed by atoms with Crippen LogP contribution in [-0.4, -0.2) is 7.11 Å². The van der Waals surface area contributed by atoms with Gasteiger partial charge in [0.1, 0.15) is 5.75 Å². The number of benzene rings is 1. The second kappa shape index (κ2) is 5.13. The van der Waals surface area contributed by atoms with Gasteiger partial charge in [0.05, 0.1) is 7.11 Å². The zero-order valence-corrected chi connectivity index (χ0v) is 15.1. The Morgan fingerprint density at radius 2 is 2.04 bits per heavy atom. The van der Waals surface area contributed by atoms with Crippen LogP contribution in [0.15, 0.2) is 30.4 Å². The molecule has 0 bridgehead atoms. The van der Waals surface area contributed by atoms with E-state index in [1.807, 2.05) is 0 Å². The van der Waals surface area contributed by atoms with Gasteiger partial charge in [-0.3, -0.25) is 0 Å². The first-order valence-corrected chi connectivity index (χ1v) is 9.31. The molecule has 124 valence electrons. The number of methoxy groups -OCH3 is 1. The van der Waals surface area contributed by atoms with Gasteiger partial charge in [0.15, 0.2) is 0 Å². The molecule has 4 rings (SSSR count). The van der Waals surface area contributed by atoms with Crippen LogP contribution < -0.4 is 4.74 Å². The van der Waals surface area contributed by atoms with Crippen molar-refractivity contribution >= 4 is 0 Å². The maximum Gasteiger partial charge on any atom is 0.119 e. The maximum atomic E-state index is 5.45. The van der Waals surface area contributed by atoms with Crippen LogP contribution in [0.1, 0.15) is 57.1 Å². The van der Waals surface area contributed by atoms with Crippen molar-refractivity contribution < 1.29 is 4.74 Å². The Bertz CT molecular complexity index is 645. The lowest BCUT2D eigenvalue weighted by Gasteiger charge is -2.52. The summed E-state index contributed by atoms with van der Waals surface area (Å²) in [4.78, 5) is 0. The molecule has 2 fully saturated rings. The summed E-state index contributed by atoms with van der Waals surface area (Å²) in [6, 6.07) is 6.80. The minimum absolute atomic E-state index is 0.388. The molecule has 3 aliphatic carbocycles. The third-order valence-corrected chi connectivity index (χ3v) is 7.61. The first-order chi connectivity index (χ1) is 11.0. The Morgan fingerprint density at radius 3 is 2.78 bits per heavy atom. The summed E-state index contributed by atoms with van der Waals surface area (Å²) in [5.74, 6) is 4.88. The zero-order chi connectivity index (χ0) is 16.4. The van der Waals surface area contributed by atoms with Gasteiger partial charge in [-0.1, -0.05) is 39.0 Å². The number of ether oxygens (including phenoxy) is 1. The molecule has 1 aromatic carbocycles. The smallest absolute Gasteiger partial charge is 0.119 e. The standard InChI is InChI=1S/C22H30O/c1-13-11-20-21-14(2)10-16-12-17(23-5)6-7-18(16)19(21)8-9-22(20,4)15(13)3/h6-7,12-14,19-21H,3,8-11H2,1-2,4-5H3/t13-,14-,19-,20-,21-,22-/m1/s1. The van der Waals surface area contributed by atoms with Crippen LogP contribution >= 0.6 is 0 Å². The third-order valence-electron chi connectivity index (χ3n) is 7.61. The van der Waals surface area contributed by atoms with Gasteiger partial charge < -0.3 is 4.74 Å². The minimum Gasteiger partial charge on any atom is -0.497 e. The molecule has 0 N–H and O–H groups in total. The van der Waals surface area contributed by atoms with Gasteiger partial charge in [-0.2, -0.15) is 0 Å². The van der Waals surface area contributed by atoms with Gasteiger partial charge >= 0.3 is 0 Å². The predicted molar refractivity (Wildman–Crippen MR) is 95.8 cm³/mol. The van der Waals surface area contributed by atoms with Gasteiger partial charge in [0.25, 0.3) is 0 Å². The highest BCUT2D eigenvalue weighted by Gasteiger charge is 2.55. The summed E-state index contributed by atoms with van der Waals surface area (Å²) in [5.41, 5.74) is 5.07. The van der Waals surface area contributed by atoms with E-state index in [0.717, 1.165) is 29.4 Å². The van der Waals surface area contributed by atoms with E-state index < -0.39 is 0 Å². The number of fused-ring (bicyclic) bond motifs is 5. The van der Waals surface area contributed by atoms with Gasteiger partial charge in [-0.25, -0.2) is 0 Å². The first kappa shape index (κ1) is 15.3. The summed E-state index contributed by atoms with van der Waals surface area (Å²) in [6.07, 6.45) is 5.21. The first-order valence-electron chi connectivity index (χ1n) is 9.31. The number of hydrogen-bond acceptors (Lipinski definition) is 1. The van der Waals surface area contributed by atoms with Crippen LogP contribution in [0.25, 0.3) is 0 Å². The third kappa shape index (κ3) is 2.05. The summed E-state index contributed by atoms with van der Waals surface area (Å²) in [6.45, 7) is 11.9. The van der Waals surface area contributed by atoms with Gasteiger partial charge in [-0.15, -0.1) is 0 Å². The fraction of sp³-hybridized carbons (Fsp3) is 0.636. The molecule has 0 spiro atoms. The molecule has 3 aliphatic rings. The fourth-order valence-electron chi connectivity index (χ4n) is 6.33. The number of rotatable bonds is 1. The molecule has 23 heavy (non-hydrogen) atoms. The highest BCUT2D eigenvalue weighted by atomic mass is 16.5. The Balaban J connectivity index is 1.75. The molecule has 1 aromatic rings. The van der Waals surface area contributed by atoms with E-state index in [1.54, 1.807) is 12.7 Å². The Morgan fingerprint density at radius 1 is 1.26 bits per heavy atom. The average molecular weight is 310 g/mol. The average Bonchev–Trinajstić information content (AvgIpc) is 2.77. The van der Waals surface area contributed by atoms with E-state index in [2.05, 4.69) is 45.5 Å². The lowest BCUT2D eigenvalue weighted by molar-refractivity contribution is 0.0486. The molecule has 0 amide bonds. The Hall–Kier alpha value is -1.24. The predicted octanol–water partition coefficient (Wildman–Crippen LogP) is 5.60. The maximum absolute atomic E-state index is 5.45. The lowest BCUT2D eigenvalue weighted by Crippen LogP contribution is -2.43. The molecule has 0 unspecified atom stereocenters. The quantitative estimate of drug-likeness (QED) is 0.613. The largest absolute Gasteiger partial charge is 0.497 e. The van der Waals surface area contributed by atoms with Crippen LogP contribution in [0.2, 0.25) is 0 Å². The van der Waals surface area contributed by atoms with Crippen LogP contribution in [-0.2, 0) is 6.42 Å². The van der Waals surface area contributed by atoms with Crippen LogP contribution in [0, 0.1) is 29.1 Å². The molecule has 1 nitrogen and oxygen atoms in total. The van der Waals surface area contributed by atoms with Gasteiger partial charge in [0, 0.05) is 0 Å². The summed E-state index contributed by atoms with van der Waals surface area (Å²) >= 11 is 0. The molecular weight excluding hydrogens is 280 g/mol. The zero-order valence-electron chi connectivity index (χ0n) is 15.1. The highest BCUT2D eigenvalue weighted by Crippen LogP contribution is 2.64. The van der Waals surface area contributed by atoms with Crippen molar-refractivity contribution in [2.45, 2.75) is 52.4 Å². The van der Waals surface area contributed by atoms with Gasteiger partial charge in [-0.05, 0) is 83.9 Å². The SMILES string of the molecule is C=C1[C@H](C)C[C@@H]2[C@@H]3[C@H](C)Cc4cc(OC)ccc4[C@H]3CC[C@]12C. The van der Waals surface area contributed by atoms with Crippen LogP contribution in [0.3, 0.4) is 0 Å². The number of allylic oxidation sites excluding steroid dienone is 1. The second-order valence-electron chi connectivity index (χ2n) is 8.65. The van der Waals surface area contributed by atoms with E-state index in [9.17, 15) is 0 Å². The monoisotopic (exact) mass is 310 g/mol. The van der Waals surface area contributed by atoms with Crippen LogP contribution in [0.5, 0.6) is 5.75 Å². The molecule has 0 aliphatic heterocycles. The van der Waals surface area contributed by atoms with E-state index in [1.165, 1.54) is 36.8 Å². The number of hydrogen-bond donors (Lipinski definition) is 0. The normalized spacial score (nSPS) is 41.9.